The molecule has 0 spiro atoms. The number of hydrogen-bond donors (Lipinski definition) is 1. The lowest BCUT2D eigenvalue weighted by Crippen LogP contribution is -2.08. The lowest BCUT2D eigenvalue weighted by molar-refractivity contribution is 0.0963. The topological polar surface area (TPSA) is 37.3 Å². The van der Waals surface area contributed by atoms with Crippen LogP contribution >= 0.6 is 0 Å². The highest BCUT2D eigenvalue weighted by Crippen LogP contribution is 2.18. The summed E-state index contributed by atoms with van der Waals surface area (Å²) in [5.74, 6) is -2.26. The molecule has 0 aliphatic rings. The Morgan fingerprint density at radius 3 is 2.67 bits per heavy atom. The van der Waals surface area contributed by atoms with E-state index in [4.69, 9.17) is 5.11 Å². The van der Waals surface area contributed by atoms with Crippen molar-refractivity contribution >= 4 is 5.78 Å². The molecule has 1 rings (SSSR count). The Morgan fingerprint density at radius 1 is 1.40 bits per heavy atom. The second-order valence-electron chi connectivity index (χ2n) is 3.30. The number of Topliss-reactive ketones (excluding diaryl/α,β-unsaturated/α-hetero) is 1. The molecule has 0 aliphatic heterocycles. The summed E-state index contributed by atoms with van der Waals surface area (Å²) in [4.78, 5) is 11.4. The molecule has 0 aromatic heterocycles. The smallest absolute Gasteiger partial charge is 0.168 e. The molecule has 0 saturated carbocycles. The molecule has 0 bridgehead atoms. The van der Waals surface area contributed by atoms with E-state index in [1.807, 2.05) is 0 Å². The van der Waals surface area contributed by atoms with Crippen molar-refractivity contribution in [1.82, 2.24) is 0 Å². The van der Waals surface area contributed by atoms with Crippen LogP contribution in [0.4, 0.5) is 8.78 Å². The molecule has 0 unspecified atom stereocenters. The second-order valence-corrected chi connectivity index (χ2v) is 3.30. The summed E-state index contributed by atoms with van der Waals surface area (Å²) >= 11 is 0. The fourth-order valence-corrected chi connectivity index (χ4v) is 1.28. The van der Waals surface area contributed by atoms with Gasteiger partial charge in [-0.05, 0) is 25.0 Å². The van der Waals surface area contributed by atoms with Crippen LogP contribution in [0.3, 0.4) is 0 Å². The number of halogens is 2. The van der Waals surface area contributed by atoms with Crippen LogP contribution in [-0.2, 0) is 0 Å². The molecular weight excluding hydrogens is 202 g/mol. The Labute approximate surface area is 86.5 Å². The molecule has 1 N–H and O–H groups in total. The Bertz CT molecular complexity index is 375. The molecule has 0 aliphatic carbocycles. The average Bonchev–Trinajstić information content (AvgIpc) is 2.21. The summed E-state index contributed by atoms with van der Waals surface area (Å²) in [6, 6.07) is 2.36. The molecule has 1 aromatic carbocycles. The third-order valence-electron chi connectivity index (χ3n) is 2.12. The van der Waals surface area contributed by atoms with E-state index in [0.717, 1.165) is 6.07 Å². The summed E-state index contributed by atoms with van der Waals surface area (Å²) in [6.45, 7) is 1.30. The first kappa shape index (κ1) is 11.8. The highest BCUT2D eigenvalue weighted by molar-refractivity contribution is 5.96. The first-order valence-corrected chi connectivity index (χ1v) is 4.66. The molecule has 0 saturated heterocycles. The lowest BCUT2D eigenvalue weighted by Gasteiger charge is -2.05. The molecule has 15 heavy (non-hydrogen) atoms. The van der Waals surface area contributed by atoms with Crippen LogP contribution in [0.2, 0.25) is 0 Å². The van der Waals surface area contributed by atoms with E-state index in [1.54, 1.807) is 0 Å². The van der Waals surface area contributed by atoms with Gasteiger partial charge in [-0.3, -0.25) is 4.79 Å². The zero-order valence-electron chi connectivity index (χ0n) is 8.39. The van der Waals surface area contributed by atoms with E-state index in [1.165, 1.54) is 13.0 Å². The van der Waals surface area contributed by atoms with Gasteiger partial charge >= 0.3 is 0 Å². The van der Waals surface area contributed by atoms with E-state index >= 15 is 0 Å². The van der Waals surface area contributed by atoms with Crippen LogP contribution in [0.5, 0.6) is 0 Å². The number of ketones is 1. The van der Waals surface area contributed by atoms with Crippen molar-refractivity contribution in [2.24, 2.45) is 0 Å². The van der Waals surface area contributed by atoms with Crippen molar-refractivity contribution in [2.75, 3.05) is 6.61 Å². The molecular formula is C11H12F2O2. The Hall–Kier alpha value is -1.29. The maximum Gasteiger partial charge on any atom is 0.168 e. The minimum atomic E-state index is -0.846. The highest BCUT2D eigenvalue weighted by Gasteiger charge is 2.18. The molecule has 0 heterocycles. The summed E-state index contributed by atoms with van der Waals surface area (Å²) in [5.41, 5.74) is -0.257. The first-order valence-electron chi connectivity index (χ1n) is 4.66. The number of aliphatic hydroxyl groups is 1. The van der Waals surface area contributed by atoms with Crippen LogP contribution in [0.25, 0.3) is 0 Å². The van der Waals surface area contributed by atoms with Crippen LogP contribution in [0, 0.1) is 18.6 Å². The summed E-state index contributed by atoms with van der Waals surface area (Å²) in [7, 11) is 0. The largest absolute Gasteiger partial charge is 0.396 e. The van der Waals surface area contributed by atoms with Crippen molar-refractivity contribution in [2.45, 2.75) is 19.8 Å². The number of carbonyl (C=O) groups excluding carboxylic acids is 1. The maximum atomic E-state index is 13.4. The number of carbonyl (C=O) groups is 1. The fourth-order valence-electron chi connectivity index (χ4n) is 1.28. The Balaban J connectivity index is 3.02. The number of aliphatic hydroxyl groups excluding tert-OH is 1. The second kappa shape index (κ2) is 4.98. The minimum Gasteiger partial charge on any atom is -0.396 e. The van der Waals surface area contributed by atoms with Crippen molar-refractivity contribution in [1.29, 1.82) is 0 Å². The third-order valence-corrected chi connectivity index (χ3v) is 2.12. The summed E-state index contributed by atoms with van der Waals surface area (Å²) in [6.07, 6.45) is 0.166. The van der Waals surface area contributed by atoms with E-state index in [0.29, 0.717) is 0 Å². The van der Waals surface area contributed by atoms with E-state index in [9.17, 15) is 13.6 Å². The number of aryl methyl sites for hydroxylation is 1. The van der Waals surface area contributed by atoms with Gasteiger partial charge < -0.3 is 5.11 Å². The number of hydrogen-bond acceptors (Lipinski definition) is 2. The summed E-state index contributed by atoms with van der Waals surface area (Å²) in [5, 5.41) is 8.52. The molecule has 2 nitrogen and oxygen atoms in total. The number of rotatable bonds is 4. The van der Waals surface area contributed by atoms with Crippen LogP contribution in [0.1, 0.15) is 28.8 Å². The van der Waals surface area contributed by atoms with Crippen molar-refractivity contribution < 1.29 is 18.7 Å². The van der Waals surface area contributed by atoms with Crippen molar-refractivity contribution in [3.05, 3.63) is 34.9 Å². The zero-order valence-corrected chi connectivity index (χ0v) is 8.39. The van der Waals surface area contributed by atoms with Crippen molar-refractivity contribution in [3.63, 3.8) is 0 Å². The average molecular weight is 214 g/mol. The van der Waals surface area contributed by atoms with Gasteiger partial charge in [0, 0.05) is 13.0 Å². The normalized spacial score (nSPS) is 10.4. The predicted molar refractivity (Wildman–Crippen MR) is 51.7 cm³/mol. The van der Waals surface area contributed by atoms with Gasteiger partial charge in [0.1, 0.15) is 11.6 Å². The highest BCUT2D eigenvalue weighted by atomic mass is 19.1. The van der Waals surface area contributed by atoms with Gasteiger partial charge in [-0.15, -0.1) is 0 Å². The third kappa shape index (κ3) is 2.59. The molecule has 4 heteroatoms. The lowest BCUT2D eigenvalue weighted by atomic mass is 10.0. The molecule has 1 aromatic rings. The van der Waals surface area contributed by atoms with Gasteiger partial charge in [0.2, 0.25) is 0 Å². The van der Waals surface area contributed by atoms with Gasteiger partial charge in [0.25, 0.3) is 0 Å². The van der Waals surface area contributed by atoms with E-state index in [-0.39, 0.29) is 25.0 Å². The van der Waals surface area contributed by atoms with Crippen LogP contribution in [-0.4, -0.2) is 17.5 Å². The Kier molecular flexibility index (Phi) is 3.91. The van der Waals surface area contributed by atoms with Gasteiger partial charge in [0.05, 0.1) is 5.56 Å². The quantitative estimate of drug-likeness (QED) is 0.780. The van der Waals surface area contributed by atoms with Gasteiger partial charge in [-0.25, -0.2) is 8.78 Å². The first-order chi connectivity index (χ1) is 7.07. The fraction of sp³-hybridized carbons (Fsp3) is 0.364. The summed E-state index contributed by atoms with van der Waals surface area (Å²) < 4.78 is 26.6. The molecule has 0 fully saturated rings. The van der Waals surface area contributed by atoms with Gasteiger partial charge in [0.15, 0.2) is 5.78 Å². The Morgan fingerprint density at radius 2 is 2.07 bits per heavy atom. The molecule has 0 radical (unpaired) electrons. The monoisotopic (exact) mass is 214 g/mol. The SMILES string of the molecule is Cc1ccc(F)c(C(=O)CCCO)c1F. The molecule has 0 amide bonds. The van der Waals surface area contributed by atoms with Gasteiger partial charge in [-0.1, -0.05) is 6.07 Å². The van der Waals surface area contributed by atoms with Crippen LogP contribution < -0.4 is 0 Å². The van der Waals surface area contributed by atoms with E-state index in [2.05, 4.69) is 0 Å². The van der Waals surface area contributed by atoms with Crippen molar-refractivity contribution in [3.8, 4) is 0 Å². The van der Waals surface area contributed by atoms with E-state index < -0.39 is 23.0 Å². The van der Waals surface area contributed by atoms with Gasteiger partial charge in [-0.2, -0.15) is 0 Å². The zero-order chi connectivity index (χ0) is 11.4. The predicted octanol–water partition coefficient (Wildman–Crippen LogP) is 2.23. The molecule has 0 atom stereocenters. The number of benzene rings is 1. The maximum absolute atomic E-state index is 13.4. The van der Waals surface area contributed by atoms with Crippen LogP contribution in [0.15, 0.2) is 12.1 Å². The molecule has 82 valence electrons. The standard InChI is InChI=1S/C11H12F2O2/c1-7-4-5-8(12)10(11(7)13)9(15)3-2-6-14/h4-5,14H,2-3,6H2,1H3. The minimum absolute atomic E-state index is 0.0478.